The van der Waals surface area contributed by atoms with E-state index in [1.807, 2.05) is 19.3 Å². The zero-order valence-corrected chi connectivity index (χ0v) is 11.5. The van der Waals surface area contributed by atoms with Gasteiger partial charge in [0.25, 0.3) is 0 Å². The topological polar surface area (TPSA) is 16.1 Å². The standard InChI is InChI=1S/C15H17ClN2/c1-3-12-4-6-14(7-5-12)18(2)15-11-17-9-8-13(15)10-16/h4-9,11H,3,10H2,1-2H3. The fourth-order valence-electron chi connectivity index (χ4n) is 1.92. The highest BCUT2D eigenvalue weighted by atomic mass is 35.5. The lowest BCUT2D eigenvalue weighted by molar-refractivity contribution is 1.12. The maximum Gasteiger partial charge on any atom is 0.0639 e. The van der Waals surface area contributed by atoms with Crippen LogP contribution in [0.1, 0.15) is 18.1 Å². The first kappa shape index (κ1) is 12.9. The van der Waals surface area contributed by atoms with Crippen molar-refractivity contribution in [3.63, 3.8) is 0 Å². The molecular weight excluding hydrogens is 244 g/mol. The zero-order valence-electron chi connectivity index (χ0n) is 10.7. The largest absolute Gasteiger partial charge is 0.343 e. The number of halogens is 1. The Hall–Kier alpha value is -1.54. The maximum absolute atomic E-state index is 5.96. The third-order valence-corrected chi connectivity index (χ3v) is 3.41. The van der Waals surface area contributed by atoms with Gasteiger partial charge in [-0.2, -0.15) is 0 Å². The molecule has 1 heterocycles. The van der Waals surface area contributed by atoms with E-state index in [0.29, 0.717) is 5.88 Å². The Morgan fingerprint density at radius 1 is 1.17 bits per heavy atom. The Labute approximate surface area is 113 Å². The van der Waals surface area contributed by atoms with E-state index < -0.39 is 0 Å². The average molecular weight is 261 g/mol. The van der Waals surface area contributed by atoms with Crippen molar-refractivity contribution < 1.29 is 0 Å². The molecule has 0 fully saturated rings. The second kappa shape index (κ2) is 5.87. The second-order valence-electron chi connectivity index (χ2n) is 4.22. The lowest BCUT2D eigenvalue weighted by atomic mass is 10.1. The molecule has 18 heavy (non-hydrogen) atoms. The van der Waals surface area contributed by atoms with E-state index in [4.69, 9.17) is 11.6 Å². The summed E-state index contributed by atoms with van der Waals surface area (Å²) >= 11 is 5.96. The third-order valence-electron chi connectivity index (χ3n) is 3.12. The lowest BCUT2D eigenvalue weighted by Crippen LogP contribution is -2.11. The Balaban J connectivity index is 2.31. The highest BCUT2D eigenvalue weighted by molar-refractivity contribution is 6.17. The molecule has 0 spiro atoms. The van der Waals surface area contributed by atoms with Gasteiger partial charge in [0.2, 0.25) is 0 Å². The van der Waals surface area contributed by atoms with Crippen molar-refractivity contribution in [1.29, 1.82) is 0 Å². The minimum atomic E-state index is 0.495. The van der Waals surface area contributed by atoms with Gasteiger partial charge in [0.15, 0.2) is 0 Å². The van der Waals surface area contributed by atoms with Crippen molar-refractivity contribution in [3.8, 4) is 0 Å². The van der Waals surface area contributed by atoms with Crippen LogP contribution < -0.4 is 4.90 Å². The molecule has 2 rings (SSSR count). The van der Waals surface area contributed by atoms with Crippen molar-refractivity contribution in [3.05, 3.63) is 53.9 Å². The van der Waals surface area contributed by atoms with Gasteiger partial charge in [0, 0.05) is 24.8 Å². The number of aromatic nitrogens is 1. The van der Waals surface area contributed by atoms with Crippen LogP contribution in [0, 0.1) is 0 Å². The van der Waals surface area contributed by atoms with Gasteiger partial charge in [0.05, 0.1) is 11.9 Å². The maximum atomic E-state index is 5.96. The molecular formula is C15H17ClN2. The summed E-state index contributed by atoms with van der Waals surface area (Å²) in [6.45, 7) is 2.16. The Kier molecular flexibility index (Phi) is 4.21. The molecule has 3 heteroatoms. The first-order valence-corrected chi connectivity index (χ1v) is 6.61. The van der Waals surface area contributed by atoms with Crippen LogP contribution in [0.4, 0.5) is 11.4 Å². The minimum Gasteiger partial charge on any atom is -0.343 e. The molecule has 2 aromatic rings. The van der Waals surface area contributed by atoms with Crippen molar-refractivity contribution in [2.75, 3.05) is 11.9 Å². The second-order valence-corrected chi connectivity index (χ2v) is 4.48. The number of hydrogen-bond donors (Lipinski definition) is 0. The smallest absolute Gasteiger partial charge is 0.0639 e. The summed E-state index contributed by atoms with van der Waals surface area (Å²) in [5.74, 6) is 0.495. The van der Waals surface area contributed by atoms with Gasteiger partial charge in [-0.3, -0.25) is 4.98 Å². The molecule has 0 N–H and O–H groups in total. The molecule has 94 valence electrons. The normalized spacial score (nSPS) is 10.4. The molecule has 0 radical (unpaired) electrons. The highest BCUT2D eigenvalue weighted by Crippen LogP contribution is 2.27. The Morgan fingerprint density at radius 2 is 1.89 bits per heavy atom. The molecule has 0 saturated heterocycles. The van der Waals surface area contributed by atoms with Crippen LogP contribution in [0.2, 0.25) is 0 Å². The number of alkyl halides is 1. The summed E-state index contributed by atoms with van der Waals surface area (Å²) in [5.41, 5.74) is 4.63. The molecule has 0 aliphatic carbocycles. The predicted molar refractivity (Wildman–Crippen MR) is 77.7 cm³/mol. The van der Waals surface area contributed by atoms with Crippen molar-refractivity contribution in [2.24, 2.45) is 0 Å². The number of pyridine rings is 1. The quantitative estimate of drug-likeness (QED) is 0.768. The van der Waals surface area contributed by atoms with Crippen LogP contribution >= 0.6 is 11.6 Å². The molecule has 1 aromatic carbocycles. The van der Waals surface area contributed by atoms with Crippen LogP contribution in [0.25, 0.3) is 0 Å². The van der Waals surface area contributed by atoms with Gasteiger partial charge in [-0.05, 0) is 35.7 Å². The van der Waals surface area contributed by atoms with E-state index in [-0.39, 0.29) is 0 Å². The van der Waals surface area contributed by atoms with Crippen LogP contribution in [0.3, 0.4) is 0 Å². The van der Waals surface area contributed by atoms with Crippen LogP contribution in [-0.2, 0) is 12.3 Å². The van der Waals surface area contributed by atoms with Crippen LogP contribution in [0.5, 0.6) is 0 Å². The predicted octanol–water partition coefficient (Wildman–Crippen LogP) is 4.15. The monoisotopic (exact) mass is 260 g/mol. The van der Waals surface area contributed by atoms with Gasteiger partial charge < -0.3 is 4.90 Å². The van der Waals surface area contributed by atoms with Crippen molar-refractivity contribution >= 4 is 23.0 Å². The summed E-state index contributed by atoms with van der Waals surface area (Å²) < 4.78 is 0. The van der Waals surface area contributed by atoms with Gasteiger partial charge >= 0.3 is 0 Å². The molecule has 2 nitrogen and oxygen atoms in total. The van der Waals surface area contributed by atoms with Gasteiger partial charge in [0.1, 0.15) is 0 Å². The number of anilines is 2. The molecule has 0 bridgehead atoms. The average Bonchev–Trinajstić information content (AvgIpc) is 2.46. The lowest BCUT2D eigenvalue weighted by Gasteiger charge is -2.21. The van der Waals surface area contributed by atoms with Crippen LogP contribution in [-0.4, -0.2) is 12.0 Å². The summed E-state index contributed by atoms with van der Waals surface area (Å²) in [7, 11) is 2.04. The summed E-state index contributed by atoms with van der Waals surface area (Å²) in [6, 6.07) is 10.5. The molecule has 1 aromatic heterocycles. The van der Waals surface area contributed by atoms with Gasteiger partial charge in [-0.15, -0.1) is 11.6 Å². The van der Waals surface area contributed by atoms with E-state index in [0.717, 1.165) is 23.4 Å². The summed E-state index contributed by atoms with van der Waals surface area (Å²) in [5, 5.41) is 0. The number of nitrogens with zero attached hydrogens (tertiary/aromatic N) is 2. The van der Waals surface area contributed by atoms with E-state index >= 15 is 0 Å². The van der Waals surface area contributed by atoms with Gasteiger partial charge in [-0.25, -0.2) is 0 Å². The number of aryl methyl sites for hydroxylation is 1. The number of hydrogen-bond acceptors (Lipinski definition) is 2. The SMILES string of the molecule is CCc1ccc(N(C)c2cnccc2CCl)cc1. The van der Waals surface area contributed by atoms with Crippen LogP contribution in [0.15, 0.2) is 42.7 Å². The number of benzene rings is 1. The van der Waals surface area contributed by atoms with Crippen molar-refractivity contribution in [1.82, 2.24) is 4.98 Å². The molecule has 0 aliphatic heterocycles. The highest BCUT2D eigenvalue weighted by Gasteiger charge is 2.08. The van der Waals surface area contributed by atoms with E-state index in [1.54, 1.807) is 6.20 Å². The third kappa shape index (κ3) is 2.65. The zero-order chi connectivity index (χ0) is 13.0. The minimum absolute atomic E-state index is 0.495. The molecule has 0 amide bonds. The molecule has 0 unspecified atom stereocenters. The van der Waals surface area contributed by atoms with E-state index in [9.17, 15) is 0 Å². The molecule has 0 atom stereocenters. The first-order valence-electron chi connectivity index (χ1n) is 6.07. The van der Waals surface area contributed by atoms with Gasteiger partial charge in [-0.1, -0.05) is 19.1 Å². The number of rotatable bonds is 4. The first-order chi connectivity index (χ1) is 8.76. The summed E-state index contributed by atoms with van der Waals surface area (Å²) in [4.78, 5) is 6.29. The van der Waals surface area contributed by atoms with E-state index in [2.05, 4.69) is 41.1 Å². The fourth-order valence-corrected chi connectivity index (χ4v) is 2.15. The Morgan fingerprint density at radius 3 is 2.50 bits per heavy atom. The molecule has 0 aliphatic rings. The van der Waals surface area contributed by atoms with E-state index in [1.165, 1.54) is 5.56 Å². The summed E-state index contributed by atoms with van der Waals surface area (Å²) in [6.07, 6.45) is 4.69. The fraction of sp³-hybridized carbons (Fsp3) is 0.267. The molecule has 0 saturated carbocycles. The Bertz CT molecular complexity index is 508. The van der Waals surface area contributed by atoms with Crippen molar-refractivity contribution in [2.45, 2.75) is 19.2 Å².